The number of unbranched alkanes of at least 4 members (excludes halogenated alkanes) is 12. The van der Waals surface area contributed by atoms with Crippen molar-refractivity contribution in [3.63, 3.8) is 0 Å². The Hall–Kier alpha value is -0.700. The maximum atomic E-state index is 14.4. The van der Waals surface area contributed by atoms with Gasteiger partial charge < -0.3 is 0 Å². The molecule has 0 saturated carbocycles. The maximum Gasteiger partial charge on any atom is 0.200 e. The van der Waals surface area contributed by atoms with Crippen molar-refractivity contribution in [2.24, 2.45) is 0 Å². The van der Waals surface area contributed by atoms with E-state index in [4.69, 9.17) is 0 Å². The van der Waals surface area contributed by atoms with Crippen LogP contribution in [0.1, 0.15) is 104 Å². The van der Waals surface area contributed by atoms with E-state index in [9.17, 15) is 22.0 Å². The van der Waals surface area contributed by atoms with Gasteiger partial charge in [0.1, 0.15) is 0 Å². The summed E-state index contributed by atoms with van der Waals surface area (Å²) in [6.45, 7) is 4.31. The second kappa shape index (κ2) is 16.0. The van der Waals surface area contributed by atoms with E-state index >= 15 is 0 Å². The van der Waals surface area contributed by atoms with Crippen LogP contribution in [0.15, 0.2) is 0 Å². The minimum Gasteiger partial charge on any atom is -0.203 e. The van der Waals surface area contributed by atoms with Crippen molar-refractivity contribution in [1.29, 1.82) is 0 Å². The van der Waals surface area contributed by atoms with Crippen molar-refractivity contribution in [1.82, 2.24) is 0 Å². The van der Waals surface area contributed by atoms with Crippen molar-refractivity contribution in [2.45, 2.75) is 104 Å². The molecule has 174 valence electrons. The molecule has 1 aromatic rings. The quantitative estimate of drug-likeness (QED) is 0.0727. The largest absolute Gasteiger partial charge is 0.203 e. The first kappa shape index (κ1) is 27.3. The van der Waals surface area contributed by atoms with Crippen LogP contribution in [0.2, 0.25) is 0 Å². The third kappa shape index (κ3) is 9.20. The van der Waals surface area contributed by atoms with Gasteiger partial charge in [-0.3, -0.25) is 0 Å². The standard InChI is InChI=1S/C24H38F5P/c1-3-5-7-9-11-13-15-17-30(18-16-14-12-10-8-6-4-2)24-22(28)20(26)19(25)21(27)23(24)29/h3-18H2,1-2H3. The molecule has 0 N–H and O–H groups in total. The van der Waals surface area contributed by atoms with E-state index < -0.39 is 42.3 Å². The number of halogens is 5. The van der Waals surface area contributed by atoms with Gasteiger partial charge in [-0.1, -0.05) is 98.8 Å². The molecule has 30 heavy (non-hydrogen) atoms. The minimum absolute atomic E-state index is 0.525. The predicted molar refractivity (Wildman–Crippen MR) is 119 cm³/mol. The SMILES string of the molecule is CCCCCCCCCP(CCCCCCCCC)c1c(F)c(F)c(F)c(F)c1F. The molecule has 0 amide bonds. The van der Waals surface area contributed by atoms with Crippen LogP contribution in [-0.4, -0.2) is 12.3 Å². The Kier molecular flexibility index (Phi) is 14.6. The molecule has 0 fully saturated rings. The third-order valence-corrected chi connectivity index (χ3v) is 8.30. The Bertz CT molecular complexity index is 559. The number of hydrogen-bond acceptors (Lipinski definition) is 0. The molecule has 0 spiro atoms. The van der Waals surface area contributed by atoms with Crippen molar-refractivity contribution in [2.75, 3.05) is 12.3 Å². The van der Waals surface area contributed by atoms with Crippen LogP contribution >= 0.6 is 7.92 Å². The van der Waals surface area contributed by atoms with Gasteiger partial charge in [-0.25, -0.2) is 22.0 Å². The zero-order valence-electron chi connectivity index (χ0n) is 18.7. The van der Waals surface area contributed by atoms with E-state index in [2.05, 4.69) is 13.8 Å². The molecule has 0 saturated heterocycles. The van der Waals surface area contributed by atoms with Crippen molar-refractivity contribution in [3.8, 4) is 0 Å². The predicted octanol–water partition coefficient (Wildman–Crippen LogP) is 8.99. The summed E-state index contributed by atoms with van der Waals surface area (Å²) < 4.78 is 69.7. The van der Waals surface area contributed by atoms with Gasteiger partial charge in [0.25, 0.3) is 0 Å². The van der Waals surface area contributed by atoms with E-state index in [0.29, 0.717) is 12.3 Å². The lowest BCUT2D eigenvalue weighted by Crippen LogP contribution is -2.21. The fourth-order valence-corrected chi connectivity index (χ4v) is 6.36. The second-order valence-electron chi connectivity index (χ2n) is 8.15. The lowest BCUT2D eigenvalue weighted by molar-refractivity contribution is 0.384. The Morgan fingerprint density at radius 1 is 0.433 bits per heavy atom. The zero-order valence-corrected chi connectivity index (χ0v) is 19.5. The fraction of sp³-hybridized carbons (Fsp3) is 0.750. The average Bonchev–Trinajstić information content (AvgIpc) is 2.74. The topological polar surface area (TPSA) is 0 Å². The summed E-state index contributed by atoms with van der Waals surface area (Å²) in [5, 5.41) is -0.543. The lowest BCUT2D eigenvalue weighted by atomic mass is 10.1. The first-order valence-electron chi connectivity index (χ1n) is 11.7. The average molecular weight is 453 g/mol. The molecule has 0 nitrogen and oxygen atoms in total. The summed E-state index contributed by atoms with van der Waals surface area (Å²) in [5.74, 6) is -8.92. The van der Waals surface area contributed by atoms with Gasteiger partial charge >= 0.3 is 0 Å². The molecule has 6 heteroatoms. The number of rotatable bonds is 17. The van der Waals surface area contributed by atoms with Crippen molar-refractivity contribution in [3.05, 3.63) is 29.1 Å². The van der Waals surface area contributed by atoms with E-state index in [1.807, 2.05) is 0 Å². The highest BCUT2D eigenvalue weighted by molar-refractivity contribution is 7.65. The second-order valence-corrected chi connectivity index (χ2v) is 10.6. The fourth-order valence-electron chi connectivity index (χ4n) is 3.73. The highest BCUT2D eigenvalue weighted by Gasteiger charge is 2.29. The van der Waals surface area contributed by atoms with Gasteiger partial charge in [-0.05, 0) is 25.2 Å². The Balaban J connectivity index is 2.71. The molecule has 1 rings (SSSR count). The van der Waals surface area contributed by atoms with Gasteiger partial charge in [0, 0.05) is 0 Å². The Morgan fingerprint density at radius 2 is 0.733 bits per heavy atom. The van der Waals surface area contributed by atoms with Gasteiger partial charge in [0.2, 0.25) is 5.82 Å². The molecule has 0 bridgehead atoms. The monoisotopic (exact) mass is 452 g/mol. The van der Waals surface area contributed by atoms with Gasteiger partial charge in [0.15, 0.2) is 23.3 Å². The minimum atomic E-state index is -2.06. The normalized spacial score (nSPS) is 11.6. The van der Waals surface area contributed by atoms with Crippen LogP contribution in [0, 0.1) is 29.1 Å². The molecule has 0 unspecified atom stereocenters. The van der Waals surface area contributed by atoms with Crippen LogP contribution in [0.5, 0.6) is 0 Å². The Labute approximate surface area is 180 Å². The smallest absolute Gasteiger partial charge is 0.200 e. The summed E-state index contributed by atoms with van der Waals surface area (Å²) >= 11 is 0. The third-order valence-electron chi connectivity index (χ3n) is 5.57. The molecule has 0 aromatic heterocycles. The van der Waals surface area contributed by atoms with E-state index in [-0.39, 0.29) is 0 Å². The summed E-state index contributed by atoms with van der Waals surface area (Å²) in [6.07, 6.45) is 16.0. The summed E-state index contributed by atoms with van der Waals surface area (Å²) in [6, 6.07) is 0. The molecule has 0 aliphatic carbocycles. The van der Waals surface area contributed by atoms with Crippen molar-refractivity contribution >= 4 is 13.2 Å². The van der Waals surface area contributed by atoms with Crippen molar-refractivity contribution < 1.29 is 22.0 Å². The summed E-state index contributed by atoms with van der Waals surface area (Å²) in [7, 11) is -1.39. The zero-order chi connectivity index (χ0) is 22.4. The van der Waals surface area contributed by atoms with Crippen LogP contribution in [0.3, 0.4) is 0 Å². The van der Waals surface area contributed by atoms with E-state index in [0.717, 1.165) is 51.4 Å². The van der Waals surface area contributed by atoms with Crippen LogP contribution in [0.25, 0.3) is 0 Å². The summed E-state index contributed by atoms with van der Waals surface area (Å²) in [5.41, 5.74) is 0. The molecule has 0 radical (unpaired) electrons. The van der Waals surface area contributed by atoms with Gasteiger partial charge in [-0.2, -0.15) is 0 Å². The van der Waals surface area contributed by atoms with Gasteiger partial charge in [-0.15, -0.1) is 0 Å². The highest BCUT2D eigenvalue weighted by Crippen LogP contribution is 2.40. The Morgan fingerprint density at radius 3 is 1.10 bits per heavy atom. The molecule has 0 heterocycles. The first-order valence-corrected chi connectivity index (χ1v) is 13.4. The highest BCUT2D eigenvalue weighted by atomic mass is 31.1. The molecular formula is C24H38F5P. The number of benzene rings is 1. The van der Waals surface area contributed by atoms with Crippen LogP contribution in [-0.2, 0) is 0 Å². The molecule has 1 aromatic carbocycles. The maximum absolute atomic E-state index is 14.4. The molecule has 0 aliphatic rings. The molecule has 0 atom stereocenters. The van der Waals surface area contributed by atoms with E-state index in [1.165, 1.54) is 38.5 Å². The van der Waals surface area contributed by atoms with E-state index in [1.54, 1.807) is 0 Å². The lowest BCUT2D eigenvalue weighted by Gasteiger charge is -2.20. The van der Waals surface area contributed by atoms with Crippen LogP contribution in [0.4, 0.5) is 22.0 Å². The molecule has 0 aliphatic heterocycles. The first-order chi connectivity index (χ1) is 14.5. The molecular weight excluding hydrogens is 414 g/mol. The van der Waals surface area contributed by atoms with Crippen LogP contribution < -0.4 is 5.30 Å². The summed E-state index contributed by atoms with van der Waals surface area (Å²) in [4.78, 5) is 0. The number of hydrogen-bond donors (Lipinski definition) is 0. The van der Waals surface area contributed by atoms with Gasteiger partial charge in [0.05, 0.1) is 5.30 Å².